The van der Waals surface area contributed by atoms with E-state index >= 15 is 0 Å². The zero-order valence-corrected chi connectivity index (χ0v) is 6.51. The quantitative estimate of drug-likeness (QED) is 0.440. The van der Waals surface area contributed by atoms with Gasteiger partial charge in [0.25, 0.3) is 0 Å². The van der Waals surface area contributed by atoms with Gasteiger partial charge in [-0.05, 0) is 12.1 Å². The van der Waals surface area contributed by atoms with Crippen molar-refractivity contribution < 1.29 is 4.57 Å². The van der Waals surface area contributed by atoms with Crippen molar-refractivity contribution in [3.8, 4) is 11.4 Å². The fourth-order valence-electron chi connectivity index (χ4n) is 1.64. The molecule has 0 saturated heterocycles. The number of aromatic nitrogens is 3. The number of fused-ring (bicyclic) bond motifs is 3. The third-order valence-electron chi connectivity index (χ3n) is 2.21. The van der Waals surface area contributed by atoms with Gasteiger partial charge in [0.1, 0.15) is 5.69 Å². The van der Waals surface area contributed by atoms with E-state index in [9.17, 15) is 0 Å². The molecule has 3 heterocycles. The van der Waals surface area contributed by atoms with E-state index in [1.807, 2.05) is 23.0 Å². The van der Waals surface area contributed by atoms with Crippen LogP contribution in [0.2, 0.25) is 0 Å². The van der Waals surface area contributed by atoms with Gasteiger partial charge in [0.15, 0.2) is 6.20 Å². The summed E-state index contributed by atoms with van der Waals surface area (Å²) in [5.74, 6) is 0. The highest BCUT2D eigenvalue weighted by atomic mass is 15.4. The molecule has 0 aromatic carbocycles. The number of hydrogen-bond donors (Lipinski definition) is 0. The van der Waals surface area contributed by atoms with Crippen LogP contribution in [0.3, 0.4) is 0 Å². The van der Waals surface area contributed by atoms with Gasteiger partial charge in [-0.2, -0.15) is 14.3 Å². The highest BCUT2D eigenvalue weighted by Crippen LogP contribution is 2.17. The maximum atomic E-state index is 4.21. The topological polar surface area (TPSA) is 21.7 Å². The third kappa shape index (κ3) is 0.605. The summed E-state index contributed by atoms with van der Waals surface area (Å²) in [6.07, 6.45) is 3.91. The van der Waals surface area contributed by atoms with Gasteiger partial charge in [-0.3, -0.25) is 0 Å². The second-order valence-corrected chi connectivity index (χ2v) is 2.91. The fourth-order valence-corrected chi connectivity index (χ4v) is 1.64. The lowest BCUT2D eigenvalue weighted by Gasteiger charge is -1.87. The van der Waals surface area contributed by atoms with E-state index in [4.69, 9.17) is 0 Å². The molecular formula is C9H8N3+. The predicted molar refractivity (Wildman–Crippen MR) is 43.3 cm³/mol. The second kappa shape index (κ2) is 1.94. The van der Waals surface area contributed by atoms with E-state index in [0.717, 1.165) is 6.67 Å². The summed E-state index contributed by atoms with van der Waals surface area (Å²) in [5.41, 5.74) is 2.45. The normalized spacial score (nSPS) is 12.7. The number of rotatable bonds is 0. The molecule has 3 rings (SSSR count). The first-order chi connectivity index (χ1) is 5.95. The lowest BCUT2D eigenvalue weighted by molar-refractivity contribution is -0.683. The molecule has 0 spiro atoms. The summed E-state index contributed by atoms with van der Waals surface area (Å²) in [4.78, 5) is 0. The average Bonchev–Trinajstić information content (AvgIpc) is 2.62. The Kier molecular flexibility index (Phi) is 0.961. The van der Waals surface area contributed by atoms with Crippen molar-refractivity contribution in [1.82, 2.24) is 9.78 Å². The largest absolute Gasteiger partial charge is 0.243 e. The Morgan fingerprint density at radius 1 is 1.33 bits per heavy atom. The Balaban J connectivity index is 2.34. The lowest BCUT2D eigenvalue weighted by atomic mass is 10.3. The molecule has 2 aromatic rings. The molecule has 0 N–H and O–H groups in total. The molecule has 1 aliphatic heterocycles. The van der Waals surface area contributed by atoms with Crippen LogP contribution in [0.5, 0.6) is 0 Å². The Morgan fingerprint density at radius 2 is 2.33 bits per heavy atom. The average molecular weight is 158 g/mol. The van der Waals surface area contributed by atoms with Gasteiger partial charge < -0.3 is 0 Å². The summed E-state index contributed by atoms with van der Waals surface area (Å²) in [6, 6.07) is 8.24. The van der Waals surface area contributed by atoms with E-state index in [1.165, 1.54) is 11.4 Å². The molecular weight excluding hydrogens is 150 g/mol. The second-order valence-electron chi connectivity index (χ2n) is 2.91. The van der Waals surface area contributed by atoms with Crippen LogP contribution in [0, 0.1) is 0 Å². The van der Waals surface area contributed by atoms with Gasteiger partial charge in [0.2, 0.25) is 12.4 Å². The van der Waals surface area contributed by atoms with E-state index < -0.39 is 0 Å². The molecule has 3 heteroatoms. The highest BCUT2D eigenvalue weighted by Gasteiger charge is 2.24. The summed E-state index contributed by atoms with van der Waals surface area (Å²) in [5, 5.41) is 4.21. The minimum atomic E-state index is 0.846. The zero-order valence-electron chi connectivity index (χ0n) is 6.51. The molecule has 0 amide bonds. The third-order valence-corrected chi connectivity index (χ3v) is 2.21. The van der Waals surface area contributed by atoms with Crippen molar-refractivity contribution in [1.29, 1.82) is 0 Å². The van der Waals surface area contributed by atoms with Crippen LogP contribution in [-0.2, 0) is 6.67 Å². The van der Waals surface area contributed by atoms with Crippen LogP contribution in [0.1, 0.15) is 0 Å². The van der Waals surface area contributed by atoms with Gasteiger partial charge in [-0.15, -0.1) is 0 Å². The molecule has 0 radical (unpaired) electrons. The molecule has 2 aromatic heterocycles. The van der Waals surface area contributed by atoms with Gasteiger partial charge >= 0.3 is 0 Å². The summed E-state index contributed by atoms with van der Waals surface area (Å²) in [7, 11) is 0. The van der Waals surface area contributed by atoms with Crippen LogP contribution in [-0.4, -0.2) is 9.78 Å². The van der Waals surface area contributed by atoms with Crippen LogP contribution >= 0.6 is 0 Å². The monoisotopic (exact) mass is 158 g/mol. The van der Waals surface area contributed by atoms with Crippen LogP contribution in [0.25, 0.3) is 11.4 Å². The fraction of sp³-hybridized carbons (Fsp3) is 0.111. The molecule has 0 unspecified atom stereocenters. The van der Waals surface area contributed by atoms with Gasteiger partial charge in [0, 0.05) is 12.1 Å². The maximum Gasteiger partial charge on any atom is 0.243 e. The molecule has 0 fully saturated rings. The SMILES string of the molecule is c1cc[n+]2c(c1)-c1ccnn1C2. The molecule has 0 aliphatic carbocycles. The highest BCUT2D eigenvalue weighted by molar-refractivity contribution is 5.51. The molecule has 58 valence electrons. The molecule has 0 atom stereocenters. The molecule has 0 bridgehead atoms. The molecule has 12 heavy (non-hydrogen) atoms. The Hall–Kier alpha value is -1.64. The van der Waals surface area contributed by atoms with Gasteiger partial charge in [-0.25, -0.2) is 0 Å². The standard InChI is InChI=1S/C9H8N3/c1-2-6-11-7-12-9(4-5-10-12)8(11)3-1/h1-6H,7H2/q+1. The van der Waals surface area contributed by atoms with Crippen LogP contribution < -0.4 is 4.57 Å². The summed E-state index contributed by atoms with van der Waals surface area (Å²) < 4.78 is 4.18. The summed E-state index contributed by atoms with van der Waals surface area (Å²) in [6.45, 7) is 0.846. The minimum Gasteiger partial charge on any atom is -0.198 e. The Bertz CT molecular complexity index is 431. The van der Waals surface area contributed by atoms with E-state index in [1.54, 1.807) is 0 Å². The lowest BCUT2D eigenvalue weighted by Crippen LogP contribution is -2.33. The smallest absolute Gasteiger partial charge is 0.198 e. The first kappa shape index (κ1) is 5.94. The first-order valence-electron chi connectivity index (χ1n) is 3.96. The van der Waals surface area contributed by atoms with Crippen LogP contribution in [0.4, 0.5) is 0 Å². The number of nitrogens with zero attached hydrogens (tertiary/aromatic N) is 3. The molecule has 1 aliphatic rings. The van der Waals surface area contributed by atoms with E-state index in [0.29, 0.717) is 0 Å². The number of hydrogen-bond acceptors (Lipinski definition) is 1. The number of pyridine rings is 1. The summed E-state index contributed by atoms with van der Waals surface area (Å²) >= 11 is 0. The predicted octanol–water partition coefficient (Wildman–Crippen LogP) is 0.657. The van der Waals surface area contributed by atoms with Crippen molar-refractivity contribution in [3.63, 3.8) is 0 Å². The van der Waals surface area contributed by atoms with Gasteiger partial charge in [-0.1, -0.05) is 0 Å². The van der Waals surface area contributed by atoms with Crippen molar-refractivity contribution in [3.05, 3.63) is 36.7 Å². The minimum absolute atomic E-state index is 0.846. The van der Waals surface area contributed by atoms with Crippen LogP contribution in [0.15, 0.2) is 36.7 Å². The first-order valence-corrected chi connectivity index (χ1v) is 3.96. The maximum absolute atomic E-state index is 4.21. The Labute approximate surface area is 69.9 Å². The van der Waals surface area contributed by atoms with Crippen molar-refractivity contribution in [2.24, 2.45) is 0 Å². The Morgan fingerprint density at radius 3 is 3.33 bits per heavy atom. The molecule has 3 nitrogen and oxygen atoms in total. The zero-order chi connectivity index (χ0) is 7.97. The van der Waals surface area contributed by atoms with E-state index in [2.05, 4.69) is 28.0 Å². The van der Waals surface area contributed by atoms with E-state index in [-0.39, 0.29) is 0 Å². The van der Waals surface area contributed by atoms with Crippen molar-refractivity contribution in [2.75, 3.05) is 0 Å². The van der Waals surface area contributed by atoms with Crippen molar-refractivity contribution in [2.45, 2.75) is 6.67 Å². The van der Waals surface area contributed by atoms with Gasteiger partial charge in [0.05, 0.1) is 6.20 Å². The van der Waals surface area contributed by atoms with Crippen molar-refractivity contribution >= 4 is 0 Å². The molecule has 0 saturated carbocycles.